The Kier molecular flexibility index (Phi) is 18.2. The molecule has 12 aromatic rings. The third-order valence-electron chi connectivity index (χ3n) is 19.1. The van der Waals surface area contributed by atoms with Gasteiger partial charge in [-0.3, -0.25) is 9.13 Å². The highest BCUT2D eigenvalue weighted by Crippen LogP contribution is 2.57. The molecule has 2 N–H and O–H groups in total. The highest BCUT2D eigenvalue weighted by Gasteiger charge is 2.42. The van der Waals surface area contributed by atoms with Gasteiger partial charge in [-0.25, -0.2) is 0 Å². The lowest BCUT2D eigenvalue weighted by Gasteiger charge is -2.29. The molecule has 0 radical (unpaired) electrons. The lowest BCUT2D eigenvalue weighted by atomic mass is 9.76. The molecule has 0 amide bonds. The third kappa shape index (κ3) is 13.3. The average Bonchev–Trinajstić information content (AvgIpc) is 0.740. The summed E-state index contributed by atoms with van der Waals surface area (Å²) in [5.74, 6) is 6.39. The van der Waals surface area contributed by atoms with Crippen LogP contribution in [-0.4, -0.2) is 10.2 Å². The summed E-state index contributed by atoms with van der Waals surface area (Å²) in [4.78, 5) is 0. The van der Waals surface area contributed by atoms with Crippen molar-refractivity contribution in [2.45, 2.75) is 101 Å². The van der Waals surface area contributed by atoms with Crippen molar-refractivity contribution in [2.24, 2.45) is 0 Å². The fourth-order valence-corrected chi connectivity index (χ4v) is 18.5. The van der Waals surface area contributed by atoms with E-state index in [1.165, 1.54) is 29.3 Å². The second kappa shape index (κ2) is 27.3. The molecule has 2 aliphatic heterocycles. The van der Waals surface area contributed by atoms with E-state index < -0.39 is 14.7 Å². The first-order valence-electron chi connectivity index (χ1n) is 33.7. The van der Waals surface area contributed by atoms with Gasteiger partial charge in [0.15, 0.2) is 0 Å². The van der Waals surface area contributed by atoms with Crippen LogP contribution >= 0.6 is 14.7 Å². The van der Waals surface area contributed by atoms with Crippen LogP contribution in [0.15, 0.2) is 231 Å². The van der Waals surface area contributed by atoms with Crippen LogP contribution in [0.1, 0.15) is 91.7 Å². The fraction of sp³-hybridized carbons (Fsp3) is 0.172. The second-order valence-electron chi connectivity index (χ2n) is 26.9. The van der Waals surface area contributed by atoms with Crippen molar-refractivity contribution >= 4 is 36.0 Å². The highest BCUT2D eigenvalue weighted by molar-refractivity contribution is 7.75. The van der Waals surface area contributed by atoms with E-state index in [2.05, 4.69) is 65.8 Å². The van der Waals surface area contributed by atoms with Gasteiger partial charge < -0.3 is 47.7 Å². The Morgan fingerprint density at radius 3 is 1.14 bits per heavy atom. The van der Waals surface area contributed by atoms with Crippen LogP contribution in [0.2, 0.25) is 0 Å². The molecule has 2 atom stereocenters. The summed E-state index contributed by atoms with van der Waals surface area (Å²) in [6.45, 7) is 22.3. The number of phenols is 2. The zero-order valence-electron chi connectivity index (χ0n) is 58.1. The lowest BCUT2D eigenvalue weighted by Crippen LogP contribution is -2.26. The van der Waals surface area contributed by atoms with E-state index in [4.69, 9.17) is 37.5 Å². The molecule has 0 saturated carbocycles. The Bertz CT molecular complexity index is 5210. The summed E-state index contributed by atoms with van der Waals surface area (Å²) in [6.07, 6.45) is 0. The molecular weight excluding hydrogens is 1300 g/mol. The van der Waals surface area contributed by atoms with Crippen molar-refractivity contribution in [3.8, 4) is 91.2 Å². The number of aryl methyl sites for hydroxylation is 8. The van der Waals surface area contributed by atoms with Gasteiger partial charge >= 0.3 is 14.7 Å². The van der Waals surface area contributed by atoms with Gasteiger partial charge in [-0.05, 0) is 229 Å². The van der Waals surface area contributed by atoms with Crippen molar-refractivity contribution < 1.29 is 56.8 Å². The number of phenolic OH excluding ortho intramolecular Hbond substituents is 2. The minimum absolute atomic E-state index is 0.0346. The molecule has 0 aliphatic carbocycles. The van der Waals surface area contributed by atoms with Crippen LogP contribution in [0, 0.1) is 55.4 Å². The molecule has 2 unspecified atom stereocenters. The quantitative estimate of drug-likeness (QED) is 0.0700. The maximum atomic E-state index is 15.0. The maximum absolute atomic E-state index is 15.0. The molecule has 12 aromatic carbocycles. The number of hydrogen-bond donors (Lipinski definition) is 2. The number of para-hydroxylation sites is 2. The van der Waals surface area contributed by atoms with Gasteiger partial charge in [-0.15, -0.1) is 0 Å². The highest BCUT2D eigenvalue weighted by atomic mass is 31.2. The van der Waals surface area contributed by atoms with Crippen LogP contribution < -0.4 is 58.7 Å². The Labute approximate surface area is 590 Å². The fourth-order valence-electron chi connectivity index (χ4n) is 13.7. The van der Waals surface area contributed by atoms with Crippen LogP contribution in [0.25, 0.3) is 22.3 Å². The summed E-state index contributed by atoms with van der Waals surface area (Å²) in [6, 6.07) is 72.6. The topological polar surface area (TPSA) is 148 Å². The standard InChI is InChI=1S/C87H78O12P2/c1-53-39-65(40-54(2)85(53)96-69-43-57(5)83(58(6)44-69)94-51-63-31-27-61(28-32-63)49-92-68-36-37-75(89)81(48-68)100(90)79-25-17-13-21-73(79)71-19-11-15-23-76(71)98-100)87(9,10)66-41-55(3)86(56(4)42-66)97-70-45-59(7)84(60(8)46-70)95-52-64-33-29-62(30-34-64)50-93-78-38-35-67(88)47-82(78)101(91)80-26-18-14-22-74(80)72-20-12-16-24-77(72)99-101/h11-48,88-89H,49-52H2,1-10H3. The third-order valence-corrected chi connectivity index (χ3v) is 24.0. The van der Waals surface area contributed by atoms with Gasteiger partial charge in [0.2, 0.25) is 0 Å². The Balaban J connectivity index is 0.573. The van der Waals surface area contributed by atoms with E-state index in [0.29, 0.717) is 52.1 Å². The van der Waals surface area contributed by atoms with Gasteiger partial charge in [0.05, 0.1) is 21.2 Å². The SMILES string of the molecule is Cc1cc(Oc2c(C)cc(C(C)(C)c3cc(C)c(Oc4cc(C)c(OCc5ccc(COc6ccc(O)cc6P6(=O)Oc7ccccc7-c7ccccc76)cc5)c(C)c4)c(C)c3)cc2C)cc(C)c1OCc1ccc(COc2ccc(O)c(P3(=O)Oc4ccccc4-c4ccccc43)c2)cc1. The van der Waals surface area contributed by atoms with E-state index in [-0.39, 0.29) is 35.4 Å². The summed E-state index contributed by atoms with van der Waals surface area (Å²) in [5, 5.41) is 23.3. The Morgan fingerprint density at radius 1 is 0.337 bits per heavy atom. The molecule has 508 valence electrons. The molecule has 0 saturated heterocycles. The van der Waals surface area contributed by atoms with Crippen LogP contribution in [0.5, 0.6) is 69.0 Å². The van der Waals surface area contributed by atoms with Crippen molar-refractivity contribution in [2.75, 3.05) is 0 Å². The molecule has 14 heteroatoms. The Morgan fingerprint density at radius 2 is 0.703 bits per heavy atom. The normalized spacial score (nSPS) is 15.0. The molecule has 2 aliphatic rings. The zero-order valence-corrected chi connectivity index (χ0v) is 59.9. The van der Waals surface area contributed by atoms with Crippen LogP contribution in [0.3, 0.4) is 0 Å². The van der Waals surface area contributed by atoms with Crippen molar-refractivity contribution in [1.82, 2.24) is 0 Å². The number of rotatable bonds is 20. The molecule has 14 rings (SSSR count). The first kappa shape index (κ1) is 67.3. The van der Waals surface area contributed by atoms with Gasteiger partial charge in [-0.1, -0.05) is 159 Å². The molecule has 2 heterocycles. The Hall–Kier alpha value is -10.9. The number of ether oxygens (including phenoxy) is 6. The monoisotopic (exact) mass is 1380 g/mol. The van der Waals surface area contributed by atoms with Gasteiger partial charge in [-0.2, -0.15) is 0 Å². The molecule has 101 heavy (non-hydrogen) atoms. The molecule has 0 bridgehead atoms. The minimum Gasteiger partial charge on any atom is -0.508 e. The van der Waals surface area contributed by atoms with Gasteiger partial charge in [0.25, 0.3) is 0 Å². The molecule has 0 fully saturated rings. The number of fused-ring (bicyclic) bond motifs is 6. The number of benzene rings is 12. The summed E-state index contributed by atoms with van der Waals surface area (Å²) < 4.78 is 81.4. The summed E-state index contributed by atoms with van der Waals surface area (Å²) in [7, 11) is -7.45. The maximum Gasteiger partial charge on any atom is 0.311 e. The number of hydrogen-bond acceptors (Lipinski definition) is 12. The first-order valence-corrected chi connectivity index (χ1v) is 37.0. The van der Waals surface area contributed by atoms with Crippen LogP contribution in [-0.2, 0) is 41.0 Å². The zero-order chi connectivity index (χ0) is 70.5. The minimum atomic E-state index is -3.73. The predicted octanol–water partition coefficient (Wildman–Crippen LogP) is 20.4. The summed E-state index contributed by atoms with van der Waals surface area (Å²) >= 11 is 0. The molecule has 12 nitrogen and oxygen atoms in total. The predicted molar refractivity (Wildman–Crippen MR) is 401 cm³/mol. The van der Waals surface area contributed by atoms with E-state index in [1.807, 2.05) is 185 Å². The van der Waals surface area contributed by atoms with Crippen LogP contribution in [0.4, 0.5) is 0 Å². The smallest absolute Gasteiger partial charge is 0.311 e. The van der Waals surface area contributed by atoms with Crippen molar-refractivity contribution in [1.29, 1.82) is 0 Å². The second-order valence-corrected chi connectivity index (χ2v) is 31.4. The van der Waals surface area contributed by atoms with E-state index >= 15 is 4.57 Å². The van der Waals surface area contributed by atoms with E-state index in [0.717, 1.165) is 124 Å². The largest absolute Gasteiger partial charge is 0.508 e. The van der Waals surface area contributed by atoms with E-state index in [1.54, 1.807) is 30.3 Å². The van der Waals surface area contributed by atoms with Crippen molar-refractivity contribution in [3.63, 3.8) is 0 Å². The molecular formula is C87H78O12P2. The molecule has 0 aromatic heterocycles. The van der Waals surface area contributed by atoms with Gasteiger partial charge in [0.1, 0.15) is 95.4 Å². The van der Waals surface area contributed by atoms with Crippen molar-refractivity contribution in [3.05, 3.63) is 308 Å². The summed E-state index contributed by atoms with van der Waals surface area (Å²) in [5.41, 5.74) is 17.1. The van der Waals surface area contributed by atoms with Gasteiger partial charge in [0, 0.05) is 16.5 Å². The molecule has 0 spiro atoms. The lowest BCUT2D eigenvalue weighted by molar-refractivity contribution is 0.299. The first-order chi connectivity index (χ1) is 48.6. The van der Waals surface area contributed by atoms with E-state index in [9.17, 15) is 14.8 Å². The average molecular weight is 1380 g/mol. The number of aromatic hydroxyl groups is 2.